The molecule has 0 spiro atoms. The third-order valence-corrected chi connectivity index (χ3v) is 4.04. The molecule has 2 heteroatoms. The molecule has 2 aromatic carbocycles. The molecule has 3 rings (SSSR count). The second-order valence-electron chi connectivity index (χ2n) is 5.42. The predicted octanol–water partition coefficient (Wildman–Crippen LogP) is 3.29. The van der Waals surface area contributed by atoms with Crippen molar-refractivity contribution in [3.05, 3.63) is 71.8 Å². The SMILES string of the molecule is O=C1CC(=O)CC(c2ccccc2)(c2ccccc2)C1. The zero-order valence-corrected chi connectivity index (χ0v) is 11.2. The molecular formula is C18H16O2. The maximum Gasteiger partial charge on any atom is 0.141 e. The van der Waals surface area contributed by atoms with Gasteiger partial charge in [-0.05, 0) is 11.1 Å². The molecule has 0 amide bonds. The fourth-order valence-electron chi connectivity index (χ4n) is 3.17. The Morgan fingerprint density at radius 3 is 1.45 bits per heavy atom. The molecule has 0 atom stereocenters. The highest BCUT2D eigenvalue weighted by Gasteiger charge is 2.42. The quantitative estimate of drug-likeness (QED) is 0.780. The van der Waals surface area contributed by atoms with Crippen molar-refractivity contribution in [1.82, 2.24) is 0 Å². The summed E-state index contributed by atoms with van der Waals surface area (Å²) in [7, 11) is 0. The van der Waals surface area contributed by atoms with Crippen LogP contribution in [0.4, 0.5) is 0 Å². The number of carbonyl (C=O) groups is 2. The average Bonchev–Trinajstić information content (AvgIpc) is 2.48. The summed E-state index contributed by atoms with van der Waals surface area (Å²) in [6.45, 7) is 0. The highest BCUT2D eigenvalue weighted by atomic mass is 16.1. The van der Waals surface area contributed by atoms with Crippen molar-refractivity contribution < 1.29 is 9.59 Å². The van der Waals surface area contributed by atoms with Crippen LogP contribution in [0.15, 0.2) is 60.7 Å². The van der Waals surface area contributed by atoms with Gasteiger partial charge in [0.15, 0.2) is 0 Å². The number of rotatable bonds is 2. The summed E-state index contributed by atoms with van der Waals surface area (Å²) < 4.78 is 0. The van der Waals surface area contributed by atoms with Gasteiger partial charge in [-0.3, -0.25) is 9.59 Å². The van der Waals surface area contributed by atoms with Crippen LogP contribution in [0.3, 0.4) is 0 Å². The zero-order valence-electron chi connectivity index (χ0n) is 11.2. The minimum atomic E-state index is -0.491. The van der Waals surface area contributed by atoms with Gasteiger partial charge in [-0.2, -0.15) is 0 Å². The zero-order chi connectivity index (χ0) is 14.0. The molecule has 0 bridgehead atoms. The lowest BCUT2D eigenvalue weighted by Gasteiger charge is -2.37. The van der Waals surface area contributed by atoms with Gasteiger partial charge in [0.25, 0.3) is 0 Å². The van der Waals surface area contributed by atoms with Gasteiger partial charge < -0.3 is 0 Å². The number of ketones is 2. The van der Waals surface area contributed by atoms with Gasteiger partial charge in [0.05, 0.1) is 6.42 Å². The Balaban J connectivity index is 2.18. The average molecular weight is 264 g/mol. The summed E-state index contributed by atoms with van der Waals surface area (Å²) in [6.07, 6.45) is 0.904. The third kappa shape index (κ3) is 2.18. The van der Waals surface area contributed by atoms with Crippen molar-refractivity contribution in [2.75, 3.05) is 0 Å². The summed E-state index contributed by atoms with van der Waals surface area (Å²) >= 11 is 0. The summed E-state index contributed by atoms with van der Waals surface area (Å²) in [5, 5.41) is 0. The summed E-state index contributed by atoms with van der Waals surface area (Å²) in [4.78, 5) is 24.0. The van der Waals surface area contributed by atoms with Crippen LogP contribution in [-0.2, 0) is 15.0 Å². The van der Waals surface area contributed by atoms with Crippen LogP contribution in [0.25, 0.3) is 0 Å². The normalized spacial score (nSPS) is 18.0. The molecule has 100 valence electrons. The molecule has 0 radical (unpaired) electrons. The van der Waals surface area contributed by atoms with Gasteiger partial charge in [-0.25, -0.2) is 0 Å². The lowest BCUT2D eigenvalue weighted by atomic mass is 9.64. The van der Waals surface area contributed by atoms with E-state index >= 15 is 0 Å². The third-order valence-electron chi connectivity index (χ3n) is 4.04. The van der Waals surface area contributed by atoms with E-state index in [0.717, 1.165) is 11.1 Å². The number of hydrogen-bond acceptors (Lipinski definition) is 2. The minimum Gasteiger partial charge on any atom is -0.299 e. The second kappa shape index (κ2) is 5.04. The molecule has 0 aliphatic heterocycles. The first-order chi connectivity index (χ1) is 9.71. The molecule has 1 fully saturated rings. The van der Waals surface area contributed by atoms with Crippen LogP contribution < -0.4 is 0 Å². The van der Waals surface area contributed by atoms with Crippen LogP contribution in [0, 0.1) is 0 Å². The highest BCUT2D eigenvalue weighted by Crippen LogP contribution is 2.42. The van der Waals surface area contributed by atoms with Gasteiger partial charge in [-0.1, -0.05) is 60.7 Å². The van der Waals surface area contributed by atoms with Gasteiger partial charge in [0.1, 0.15) is 11.6 Å². The minimum absolute atomic E-state index is 0.0361. The van der Waals surface area contributed by atoms with E-state index in [1.54, 1.807) is 0 Å². The van der Waals surface area contributed by atoms with Crippen molar-refractivity contribution >= 4 is 11.6 Å². The maximum atomic E-state index is 12.0. The van der Waals surface area contributed by atoms with Gasteiger partial charge in [0, 0.05) is 18.3 Å². The van der Waals surface area contributed by atoms with Crippen LogP contribution in [-0.4, -0.2) is 11.6 Å². The van der Waals surface area contributed by atoms with E-state index in [-0.39, 0.29) is 18.0 Å². The number of benzene rings is 2. The topological polar surface area (TPSA) is 34.1 Å². The molecule has 0 saturated heterocycles. The van der Waals surface area contributed by atoms with E-state index < -0.39 is 5.41 Å². The van der Waals surface area contributed by atoms with Crippen molar-refractivity contribution in [2.24, 2.45) is 0 Å². The largest absolute Gasteiger partial charge is 0.299 e. The molecule has 20 heavy (non-hydrogen) atoms. The second-order valence-corrected chi connectivity index (χ2v) is 5.42. The van der Waals surface area contributed by atoms with E-state index in [1.165, 1.54) is 0 Å². The molecule has 1 aliphatic carbocycles. The number of hydrogen-bond donors (Lipinski definition) is 0. The Morgan fingerprint density at radius 1 is 0.650 bits per heavy atom. The first kappa shape index (κ1) is 12.8. The Kier molecular flexibility index (Phi) is 3.23. The molecule has 0 unspecified atom stereocenters. The van der Waals surface area contributed by atoms with Gasteiger partial charge in [0.2, 0.25) is 0 Å². The van der Waals surface area contributed by atoms with E-state index in [2.05, 4.69) is 0 Å². The summed E-state index contributed by atoms with van der Waals surface area (Å²) in [5.74, 6) is 0.0721. The standard InChI is InChI=1S/C18H16O2/c19-16-11-17(20)13-18(12-16,14-7-3-1-4-8-14)15-9-5-2-6-10-15/h1-10H,11-13H2. The van der Waals surface area contributed by atoms with Crippen molar-refractivity contribution in [1.29, 1.82) is 0 Å². The number of Topliss-reactive ketones (excluding diaryl/α,β-unsaturated/α-hetero) is 2. The number of carbonyl (C=O) groups excluding carboxylic acids is 2. The fraction of sp³-hybridized carbons (Fsp3) is 0.222. The Labute approximate surface area is 118 Å². The van der Waals surface area contributed by atoms with Crippen molar-refractivity contribution in [2.45, 2.75) is 24.7 Å². The molecule has 2 nitrogen and oxygen atoms in total. The first-order valence-corrected chi connectivity index (χ1v) is 6.85. The van der Waals surface area contributed by atoms with Gasteiger partial charge in [-0.15, -0.1) is 0 Å². The smallest absolute Gasteiger partial charge is 0.141 e. The van der Waals surface area contributed by atoms with E-state index in [0.29, 0.717) is 12.8 Å². The van der Waals surface area contributed by atoms with Crippen LogP contribution in [0.2, 0.25) is 0 Å². The lowest BCUT2D eigenvalue weighted by Crippen LogP contribution is -2.38. The highest BCUT2D eigenvalue weighted by molar-refractivity contribution is 6.03. The molecule has 0 aromatic heterocycles. The lowest BCUT2D eigenvalue weighted by molar-refractivity contribution is -0.131. The van der Waals surface area contributed by atoms with Crippen molar-refractivity contribution in [3.8, 4) is 0 Å². The van der Waals surface area contributed by atoms with E-state index in [9.17, 15) is 9.59 Å². The Morgan fingerprint density at radius 2 is 1.05 bits per heavy atom. The molecule has 1 saturated carbocycles. The summed E-state index contributed by atoms with van der Waals surface area (Å²) in [6, 6.07) is 19.8. The van der Waals surface area contributed by atoms with Crippen LogP contribution in [0.1, 0.15) is 30.4 Å². The van der Waals surface area contributed by atoms with Gasteiger partial charge >= 0.3 is 0 Å². The van der Waals surface area contributed by atoms with E-state index in [4.69, 9.17) is 0 Å². The van der Waals surface area contributed by atoms with Crippen LogP contribution >= 0.6 is 0 Å². The Hall–Kier alpha value is -2.22. The maximum absolute atomic E-state index is 12.0. The Bertz CT molecular complexity index is 571. The summed E-state index contributed by atoms with van der Waals surface area (Å²) in [5.41, 5.74) is 1.61. The fourth-order valence-corrected chi connectivity index (χ4v) is 3.17. The molecule has 0 N–H and O–H groups in total. The molecule has 1 aliphatic rings. The molecular weight excluding hydrogens is 248 g/mol. The van der Waals surface area contributed by atoms with E-state index in [1.807, 2.05) is 60.7 Å². The van der Waals surface area contributed by atoms with Crippen LogP contribution in [0.5, 0.6) is 0 Å². The molecule has 2 aromatic rings. The predicted molar refractivity (Wildman–Crippen MR) is 77.5 cm³/mol. The molecule has 0 heterocycles. The first-order valence-electron chi connectivity index (χ1n) is 6.85. The van der Waals surface area contributed by atoms with Crippen molar-refractivity contribution in [3.63, 3.8) is 0 Å². The monoisotopic (exact) mass is 264 g/mol.